The third-order valence-corrected chi connectivity index (χ3v) is 4.27. The number of aryl methyl sites for hydroxylation is 2. The molecule has 2 amide bonds. The van der Waals surface area contributed by atoms with Crippen molar-refractivity contribution in [3.63, 3.8) is 0 Å². The molecule has 0 atom stereocenters. The molecule has 2 rings (SSSR count). The van der Waals surface area contributed by atoms with E-state index in [2.05, 4.69) is 5.32 Å². The second kappa shape index (κ2) is 9.07. The fourth-order valence-corrected chi connectivity index (χ4v) is 2.78. The van der Waals surface area contributed by atoms with Crippen molar-refractivity contribution in [3.8, 4) is 11.5 Å². The van der Waals surface area contributed by atoms with Gasteiger partial charge in [-0.25, -0.2) is 0 Å². The number of methoxy groups -OCH3 is 2. The lowest BCUT2D eigenvalue weighted by molar-refractivity contribution is -0.116. The van der Waals surface area contributed by atoms with Crippen LogP contribution in [0.4, 0.5) is 5.69 Å². The van der Waals surface area contributed by atoms with Gasteiger partial charge in [-0.05, 0) is 43.2 Å². The Labute approximate surface area is 160 Å². The van der Waals surface area contributed by atoms with Crippen molar-refractivity contribution >= 4 is 17.5 Å². The van der Waals surface area contributed by atoms with Gasteiger partial charge in [0.15, 0.2) is 0 Å². The third kappa shape index (κ3) is 5.23. The van der Waals surface area contributed by atoms with E-state index in [-0.39, 0.29) is 11.8 Å². The monoisotopic (exact) mass is 370 g/mol. The lowest BCUT2D eigenvalue weighted by atomic mass is 10.1. The SMILES string of the molecule is COc1cc(OC)cc(C(=O)NCCN(C(C)=O)c2cc(C)ccc2C)c1. The van der Waals surface area contributed by atoms with E-state index in [0.717, 1.165) is 16.8 Å². The maximum atomic E-state index is 12.5. The van der Waals surface area contributed by atoms with Crippen LogP contribution in [0, 0.1) is 13.8 Å². The molecule has 0 heterocycles. The fraction of sp³-hybridized carbons (Fsp3) is 0.333. The number of carbonyl (C=O) groups excluding carboxylic acids is 2. The van der Waals surface area contributed by atoms with E-state index in [4.69, 9.17) is 9.47 Å². The number of ether oxygens (including phenoxy) is 2. The summed E-state index contributed by atoms with van der Waals surface area (Å²) in [5.41, 5.74) is 3.39. The first-order chi connectivity index (χ1) is 12.8. The Morgan fingerprint density at radius 2 is 1.63 bits per heavy atom. The van der Waals surface area contributed by atoms with Gasteiger partial charge in [0.2, 0.25) is 5.91 Å². The normalized spacial score (nSPS) is 10.3. The first-order valence-electron chi connectivity index (χ1n) is 8.72. The number of hydrogen-bond donors (Lipinski definition) is 1. The van der Waals surface area contributed by atoms with Crippen LogP contribution < -0.4 is 19.7 Å². The minimum atomic E-state index is -0.253. The molecule has 2 aromatic carbocycles. The molecule has 6 heteroatoms. The molecule has 0 aliphatic heterocycles. The molecule has 144 valence electrons. The van der Waals surface area contributed by atoms with Gasteiger partial charge >= 0.3 is 0 Å². The lowest BCUT2D eigenvalue weighted by Crippen LogP contribution is -2.38. The molecule has 1 N–H and O–H groups in total. The van der Waals surface area contributed by atoms with Gasteiger partial charge in [-0.3, -0.25) is 9.59 Å². The van der Waals surface area contributed by atoms with Gasteiger partial charge in [-0.1, -0.05) is 12.1 Å². The van der Waals surface area contributed by atoms with Crippen molar-refractivity contribution < 1.29 is 19.1 Å². The predicted octanol–water partition coefficient (Wildman–Crippen LogP) is 3.10. The Morgan fingerprint density at radius 3 is 2.19 bits per heavy atom. The zero-order valence-corrected chi connectivity index (χ0v) is 16.5. The number of benzene rings is 2. The van der Waals surface area contributed by atoms with E-state index >= 15 is 0 Å². The van der Waals surface area contributed by atoms with Crippen LogP contribution >= 0.6 is 0 Å². The highest BCUT2D eigenvalue weighted by atomic mass is 16.5. The molecule has 6 nitrogen and oxygen atoms in total. The van der Waals surface area contributed by atoms with Crippen LogP contribution in [-0.4, -0.2) is 39.1 Å². The molecule has 0 aliphatic rings. The number of nitrogens with zero attached hydrogens (tertiary/aromatic N) is 1. The van der Waals surface area contributed by atoms with E-state index in [1.54, 1.807) is 23.1 Å². The molecular weight excluding hydrogens is 344 g/mol. The van der Waals surface area contributed by atoms with Crippen molar-refractivity contribution in [2.45, 2.75) is 20.8 Å². The van der Waals surface area contributed by atoms with E-state index in [1.165, 1.54) is 21.1 Å². The standard InChI is InChI=1S/C21H26N2O4/c1-14-6-7-15(2)20(10-14)23(16(3)24)9-8-22-21(25)17-11-18(26-4)13-19(12-17)27-5/h6-7,10-13H,8-9H2,1-5H3,(H,22,25). The summed E-state index contributed by atoms with van der Waals surface area (Å²) in [6.07, 6.45) is 0. The molecule has 0 saturated carbocycles. The van der Waals surface area contributed by atoms with Crippen molar-refractivity contribution in [2.24, 2.45) is 0 Å². The molecule has 0 bridgehead atoms. The van der Waals surface area contributed by atoms with Crippen molar-refractivity contribution in [2.75, 3.05) is 32.2 Å². The van der Waals surface area contributed by atoms with Crippen molar-refractivity contribution in [3.05, 3.63) is 53.1 Å². The zero-order chi connectivity index (χ0) is 20.0. The maximum Gasteiger partial charge on any atom is 0.251 e. The largest absolute Gasteiger partial charge is 0.497 e. The highest BCUT2D eigenvalue weighted by Crippen LogP contribution is 2.23. The minimum Gasteiger partial charge on any atom is -0.497 e. The first kappa shape index (κ1) is 20.3. The van der Waals surface area contributed by atoms with Gasteiger partial charge in [-0.2, -0.15) is 0 Å². The van der Waals surface area contributed by atoms with Gasteiger partial charge in [0, 0.05) is 37.3 Å². The van der Waals surface area contributed by atoms with Crippen LogP contribution in [-0.2, 0) is 4.79 Å². The number of rotatable bonds is 7. The van der Waals surface area contributed by atoms with Crippen LogP contribution in [0.5, 0.6) is 11.5 Å². The van der Waals surface area contributed by atoms with Crippen LogP contribution in [0.25, 0.3) is 0 Å². The second-order valence-corrected chi connectivity index (χ2v) is 6.32. The Bertz CT molecular complexity index is 811. The Hall–Kier alpha value is -3.02. The van der Waals surface area contributed by atoms with Crippen molar-refractivity contribution in [1.29, 1.82) is 0 Å². The molecule has 0 fully saturated rings. The molecule has 2 aromatic rings. The van der Waals surface area contributed by atoms with E-state index in [0.29, 0.717) is 30.2 Å². The Morgan fingerprint density at radius 1 is 1.00 bits per heavy atom. The number of anilines is 1. The first-order valence-corrected chi connectivity index (χ1v) is 8.72. The predicted molar refractivity (Wildman–Crippen MR) is 106 cm³/mol. The third-order valence-electron chi connectivity index (χ3n) is 4.27. The zero-order valence-electron chi connectivity index (χ0n) is 16.5. The smallest absolute Gasteiger partial charge is 0.251 e. The molecule has 0 aromatic heterocycles. The summed E-state index contributed by atoms with van der Waals surface area (Å²) >= 11 is 0. The topological polar surface area (TPSA) is 67.9 Å². The van der Waals surface area contributed by atoms with E-state index < -0.39 is 0 Å². The average molecular weight is 370 g/mol. The summed E-state index contributed by atoms with van der Waals surface area (Å²) in [7, 11) is 3.07. The van der Waals surface area contributed by atoms with Crippen LogP contribution in [0.1, 0.15) is 28.4 Å². The van der Waals surface area contributed by atoms with Crippen LogP contribution in [0.15, 0.2) is 36.4 Å². The molecule has 0 saturated heterocycles. The summed E-state index contributed by atoms with van der Waals surface area (Å²) in [5, 5.41) is 2.85. The van der Waals surface area contributed by atoms with E-state index in [1.807, 2.05) is 32.0 Å². The number of hydrogen-bond acceptors (Lipinski definition) is 4. The minimum absolute atomic E-state index is 0.0685. The number of carbonyl (C=O) groups is 2. The highest BCUT2D eigenvalue weighted by Gasteiger charge is 2.15. The fourth-order valence-electron chi connectivity index (χ4n) is 2.78. The van der Waals surface area contributed by atoms with Crippen LogP contribution in [0.3, 0.4) is 0 Å². The molecular formula is C21H26N2O4. The van der Waals surface area contributed by atoms with Gasteiger partial charge in [0.1, 0.15) is 11.5 Å². The number of amides is 2. The van der Waals surface area contributed by atoms with Gasteiger partial charge < -0.3 is 19.7 Å². The van der Waals surface area contributed by atoms with Crippen molar-refractivity contribution in [1.82, 2.24) is 5.32 Å². The summed E-state index contributed by atoms with van der Waals surface area (Å²) in [6, 6.07) is 11.0. The molecule has 0 aliphatic carbocycles. The van der Waals surface area contributed by atoms with E-state index in [9.17, 15) is 9.59 Å². The summed E-state index contributed by atoms with van der Waals surface area (Å²) < 4.78 is 10.4. The van der Waals surface area contributed by atoms with Gasteiger partial charge in [0.25, 0.3) is 5.91 Å². The molecule has 0 spiro atoms. The summed E-state index contributed by atoms with van der Waals surface area (Å²) in [6.45, 7) is 6.18. The average Bonchev–Trinajstić information content (AvgIpc) is 2.66. The lowest BCUT2D eigenvalue weighted by Gasteiger charge is -2.24. The second-order valence-electron chi connectivity index (χ2n) is 6.32. The molecule has 0 radical (unpaired) electrons. The highest BCUT2D eigenvalue weighted by molar-refractivity contribution is 5.95. The summed E-state index contributed by atoms with van der Waals surface area (Å²) in [5.74, 6) is 0.762. The maximum absolute atomic E-state index is 12.5. The molecule has 27 heavy (non-hydrogen) atoms. The Kier molecular flexibility index (Phi) is 6.82. The molecule has 0 unspecified atom stereocenters. The number of nitrogens with one attached hydrogen (secondary N) is 1. The van der Waals surface area contributed by atoms with Gasteiger partial charge in [-0.15, -0.1) is 0 Å². The Balaban J connectivity index is 2.08. The van der Waals surface area contributed by atoms with Gasteiger partial charge in [0.05, 0.1) is 14.2 Å². The summed E-state index contributed by atoms with van der Waals surface area (Å²) in [4.78, 5) is 26.2. The van der Waals surface area contributed by atoms with Crippen LogP contribution in [0.2, 0.25) is 0 Å². The quantitative estimate of drug-likeness (QED) is 0.813.